The quantitative estimate of drug-likeness (QED) is 0.423. The van der Waals surface area contributed by atoms with Crippen molar-refractivity contribution in [2.24, 2.45) is 45.4 Å². The highest BCUT2D eigenvalue weighted by atomic mass is 14.8. The van der Waals surface area contributed by atoms with Crippen LogP contribution in [0.4, 0.5) is 0 Å². The molecule has 0 aromatic rings. The van der Waals surface area contributed by atoms with E-state index in [1.54, 1.807) is 11.8 Å². The Morgan fingerprint density at radius 1 is 1.31 bits per heavy atom. The molecule has 0 aromatic heterocycles. The molecule has 3 fully saturated rings. The molecule has 2 nitrogen and oxygen atoms in total. The molecule has 7 unspecified atom stereocenters. The van der Waals surface area contributed by atoms with Crippen LogP contribution in [0.15, 0.2) is 65.5 Å². The van der Waals surface area contributed by atoms with Gasteiger partial charge in [0.2, 0.25) is 0 Å². The number of rotatable bonds is 5. The lowest BCUT2D eigenvalue weighted by molar-refractivity contribution is -0.0641. The fourth-order valence-electron chi connectivity index (χ4n) is 8.06. The van der Waals surface area contributed by atoms with Gasteiger partial charge in [-0.2, -0.15) is 0 Å². The van der Waals surface area contributed by atoms with E-state index in [1.807, 2.05) is 6.20 Å². The number of nitrogens with zero attached hydrogens (tertiary/aromatic N) is 1. The van der Waals surface area contributed by atoms with Gasteiger partial charge in [-0.25, -0.2) is 0 Å². The Labute approximate surface area is 177 Å². The fourth-order valence-corrected chi connectivity index (χ4v) is 8.06. The first-order valence-electron chi connectivity index (χ1n) is 11.4. The molecule has 156 valence electrons. The minimum atomic E-state index is 0.226. The zero-order chi connectivity index (χ0) is 20.8. The third kappa shape index (κ3) is 3.20. The van der Waals surface area contributed by atoms with Crippen LogP contribution in [0, 0.1) is 40.4 Å². The minimum absolute atomic E-state index is 0.226. The minimum Gasteiger partial charge on any atom is -0.386 e. The van der Waals surface area contributed by atoms with Gasteiger partial charge < -0.3 is 5.32 Å². The molecule has 2 heteroatoms. The van der Waals surface area contributed by atoms with Gasteiger partial charge >= 0.3 is 0 Å². The van der Waals surface area contributed by atoms with Crippen molar-refractivity contribution in [3.63, 3.8) is 0 Å². The van der Waals surface area contributed by atoms with Crippen molar-refractivity contribution in [2.45, 2.75) is 52.9 Å². The predicted molar refractivity (Wildman–Crippen MR) is 125 cm³/mol. The molecule has 3 saturated carbocycles. The first-order chi connectivity index (χ1) is 13.8. The number of aliphatic imine (C=N–C) groups is 1. The van der Waals surface area contributed by atoms with Gasteiger partial charge in [0.1, 0.15) is 0 Å². The summed E-state index contributed by atoms with van der Waals surface area (Å²) >= 11 is 0. The van der Waals surface area contributed by atoms with E-state index in [2.05, 4.69) is 69.2 Å². The van der Waals surface area contributed by atoms with Crippen LogP contribution in [0.3, 0.4) is 0 Å². The molecular formula is C27H38N2. The van der Waals surface area contributed by atoms with Crippen LogP contribution in [-0.4, -0.2) is 13.3 Å². The van der Waals surface area contributed by atoms with Crippen LogP contribution < -0.4 is 5.32 Å². The maximum absolute atomic E-state index is 4.51. The molecule has 29 heavy (non-hydrogen) atoms. The summed E-state index contributed by atoms with van der Waals surface area (Å²) < 4.78 is 0. The third-order valence-electron chi connectivity index (χ3n) is 9.02. The summed E-state index contributed by atoms with van der Waals surface area (Å²) in [6.07, 6.45) is 17.3. The number of fused-ring (bicyclic) bond motifs is 5. The van der Waals surface area contributed by atoms with Crippen LogP contribution in [-0.2, 0) is 0 Å². The van der Waals surface area contributed by atoms with Gasteiger partial charge in [-0.15, -0.1) is 0 Å². The summed E-state index contributed by atoms with van der Waals surface area (Å²) in [6, 6.07) is 0. The third-order valence-corrected chi connectivity index (χ3v) is 9.02. The van der Waals surface area contributed by atoms with Crippen LogP contribution in [0.25, 0.3) is 0 Å². The molecule has 0 aliphatic heterocycles. The van der Waals surface area contributed by atoms with Crippen molar-refractivity contribution in [3.05, 3.63) is 60.5 Å². The van der Waals surface area contributed by atoms with Gasteiger partial charge in [0.15, 0.2) is 0 Å². The van der Waals surface area contributed by atoms with Crippen LogP contribution >= 0.6 is 0 Å². The number of nitrogens with one attached hydrogen (secondary N) is 1. The summed E-state index contributed by atoms with van der Waals surface area (Å²) in [4.78, 5) is 3.77. The maximum Gasteiger partial charge on any atom is 0.0417 e. The predicted octanol–water partition coefficient (Wildman–Crippen LogP) is 6.46. The van der Waals surface area contributed by atoms with Gasteiger partial charge in [0, 0.05) is 24.4 Å². The highest BCUT2D eigenvalue weighted by Crippen LogP contribution is 2.68. The summed E-state index contributed by atoms with van der Waals surface area (Å²) in [5.41, 5.74) is 4.79. The van der Waals surface area contributed by atoms with Crippen LogP contribution in [0.5, 0.6) is 0 Å². The highest BCUT2D eigenvalue weighted by molar-refractivity contribution is 5.43. The topological polar surface area (TPSA) is 24.4 Å². The van der Waals surface area contributed by atoms with Gasteiger partial charge in [0.05, 0.1) is 0 Å². The SMILES string of the molecule is C=N/C=C\NCC(=C)C1CCC2C3CCC4=CC(=C)C=CC4(C)C3C(C)CC12C. The van der Waals surface area contributed by atoms with Crippen molar-refractivity contribution in [1.82, 2.24) is 5.32 Å². The molecule has 7 atom stereocenters. The monoisotopic (exact) mass is 390 g/mol. The summed E-state index contributed by atoms with van der Waals surface area (Å²) in [5, 5.41) is 3.35. The zero-order valence-corrected chi connectivity index (χ0v) is 18.6. The lowest BCUT2D eigenvalue weighted by atomic mass is 9.45. The van der Waals surface area contributed by atoms with E-state index in [1.165, 1.54) is 43.3 Å². The van der Waals surface area contributed by atoms with E-state index in [9.17, 15) is 0 Å². The Bertz CT molecular complexity index is 799. The van der Waals surface area contributed by atoms with Gasteiger partial charge in [0.25, 0.3) is 0 Å². The normalized spacial score (nSPS) is 43.3. The molecule has 0 saturated heterocycles. The lowest BCUT2D eigenvalue weighted by Gasteiger charge is -2.60. The Hall–Kier alpha value is -1.83. The Balaban J connectivity index is 1.57. The molecule has 4 rings (SSSR count). The summed E-state index contributed by atoms with van der Waals surface area (Å²) in [6.45, 7) is 20.7. The van der Waals surface area contributed by atoms with E-state index in [4.69, 9.17) is 0 Å². The summed E-state index contributed by atoms with van der Waals surface area (Å²) in [7, 11) is 0. The largest absolute Gasteiger partial charge is 0.386 e. The second-order valence-electron chi connectivity index (χ2n) is 10.5. The van der Waals surface area contributed by atoms with Crippen molar-refractivity contribution in [2.75, 3.05) is 6.54 Å². The van der Waals surface area contributed by atoms with Crippen molar-refractivity contribution in [3.8, 4) is 0 Å². The average Bonchev–Trinajstić information content (AvgIpc) is 3.02. The van der Waals surface area contributed by atoms with E-state index < -0.39 is 0 Å². The van der Waals surface area contributed by atoms with Gasteiger partial charge in [-0.1, -0.05) is 63.3 Å². The van der Waals surface area contributed by atoms with Crippen LogP contribution in [0.1, 0.15) is 52.9 Å². The fraction of sp³-hybridized carbons (Fsp3) is 0.593. The zero-order valence-electron chi connectivity index (χ0n) is 18.6. The molecule has 0 bridgehead atoms. The molecule has 1 N–H and O–H groups in total. The molecule has 0 aromatic carbocycles. The number of allylic oxidation sites excluding steroid dienone is 5. The summed E-state index contributed by atoms with van der Waals surface area (Å²) in [5.74, 6) is 3.78. The van der Waals surface area contributed by atoms with Crippen molar-refractivity contribution < 1.29 is 0 Å². The molecule has 4 aliphatic carbocycles. The number of hydrogen-bond donors (Lipinski definition) is 1. The molecule has 4 aliphatic rings. The first-order valence-corrected chi connectivity index (χ1v) is 11.4. The van der Waals surface area contributed by atoms with E-state index in [-0.39, 0.29) is 5.41 Å². The van der Waals surface area contributed by atoms with E-state index in [0.29, 0.717) is 11.3 Å². The molecule has 0 heterocycles. The Kier molecular flexibility index (Phi) is 5.25. The first kappa shape index (κ1) is 20.4. The standard InChI is InChI=1S/C27H38N2/c1-18-11-12-26(4)21(15-18)7-8-22-24-10-9-23(20(3)17-29-14-13-28-6)27(24,5)16-19(2)25(22)26/h11-15,19,22-25,29H,1,3,6-10,16-17H2,2,4-5H3/b14-13-. The molecule has 0 amide bonds. The maximum atomic E-state index is 4.51. The second-order valence-corrected chi connectivity index (χ2v) is 10.5. The molecular weight excluding hydrogens is 352 g/mol. The van der Waals surface area contributed by atoms with Crippen LogP contribution in [0.2, 0.25) is 0 Å². The van der Waals surface area contributed by atoms with E-state index in [0.717, 1.165) is 30.2 Å². The lowest BCUT2D eigenvalue weighted by Crippen LogP contribution is -2.53. The smallest absolute Gasteiger partial charge is 0.0417 e. The highest BCUT2D eigenvalue weighted by Gasteiger charge is 2.60. The van der Waals surface area contributed by atoms with E-state index >= 15 is 0 Å². The Morgan fingerprint density at radius 3 is 2.86 bits per heavy atom. The van der Waals surface area contributed by atoms with Crippen molar-refractivity contribution in [1.29, 1.82) is 0 Å². The van der Waals surface area contributed by atoms with Gasteiger partial charge in [-0.05, 0) is 79.4 Å². The Morgan fingerprint density at radius 2 is 2.10 bits per heavy atom. The average molecular weight is 391 g/mol. The second kappa shape index (κ2) is 7.45. The molecule has 0 spiro atoms. The molecule has 0 radical (unpaired) electrons. The van der Waals surface area contributed by atoms with Crippen molar-refractivity contribution >= 4 is 6.72 Å². The van der Waals surface area contributed by atoms with Gasteiger partial charge in [-0.3, -0.25) is 4.99 Å². The number of hydrogen-bond acceptors (Lipinski definition) is 2.